The van der Waals surface area contributed by atoms with E-state index in [4.69, 9.17) is 21.7 Å². The minimum absolute atomic E-state index is 0.179. The predicted molar refractivity (Wildman–Crippen MR) is 125 cm³/mol. The second-order valence-electron chi connectivity index (χ2n) is 6.59. The molecule has 0 aliphatic heterocycles. The van der Waals surface area contributed by atoms with Crippen molar-refractivity contribution in [1.29, 1.82) is 0 Å². The molecule has 0 saturated carbocycles. The van der Waals surface area contributed by atoms with Crippen LogP contribution in [0.15, 0.2) is 60.7 Å². The molecule has 2 rings (SSSR count). The summed E-state index contributed by atoms with van der Waals surface area (Å²) in [7, 11) is 0. The molecule has 7 heteroatoms. The number of benzene rings is 2. The highest BCUT2D eigenvalue weighted by molar-refractivity contribution is 7.80. The Morgan fingerprint density at radius 2 is 1.74 bits per heavy atom. The molecule has 2 aromatic carbocycles. The normalized spacial score (nSPS) is 10.5. The lowest BCUT2D eigenvalue weighted by molar-refractivity contribution is -0.143. The van der Waals surface area contributed by atoms with Crippen LogP contribution in [-0.2, 0) is 20.9 Å². The molecule has 0 bridgehead atoms. The Balaban J connectivity index is 1.98. The summed E-state index contributed by atoms with van der Waals surface area (Å²) < 4.78 is 10.4. The van der Waals surface area contributed by atoms with Gasteiger partial charge in [-0.1, -0.05) is 42.5 Å². The van der Waals surface area contributed by atoms with Crippen molar-refractivity contribution in [3.8, 4) is 5.75 Å². The molecular weight excluding hydrogens is 412 g/mol. The SMILES string of the molecule is CCOC(=O)CCN(Cc1ccccc1)C(=S)NC(=O)/C=C/c1ccc(OCC)cc1. The van der Waals surface area contributed by atoms with E-state index in [2.05, 4.69) is 5.32 Å². The van der Waals surface area contributed by atoms with Crippen molar-refractivity contribution >= 4 is 35.3 Å². The van der Waals surface area contributed by atoms with Crippen molar-refractivity contribution in [2.45, 2.75) is 26.8 Å². The van der Waals surface area contributed by atoms with Crippen LogP contribution in [0.2, 0.25) is 0 Å². The van der Waals surface area contributed by atoms with Crippen LogP contribution in [0.5, 0.6) is 5.75 Å². The minimum Gasteiger partial charge on any atom is -0.494 e. The summed E-state index contributed by atoms with van der Waals surface area (Å²) in [5.74, 6) is 0.140. The van der Waals surface area contributed by atoms with Gasteiger partial charge in [0, 0.05) is 19.2 Å². The van der Waals surface area contributed by atoms with E-state index in [0.717, 1.165) is 16.9 Å². The molecule has 0 fully saturated rings. The van der Waals surface area contributed by atoms with Gasteiger partial charge in [-0.3, -0.25) is 14.9 Å². The van der Waals surface area contributed by atoms with E-state index < -0.39 is 0 Å². The van der Waals surface area contributed by atoms with E-state index in [1.54, 1.807) is 17.9 Å². The van der Waals surface area contributed by atoms with Crippen LogP contribution in [0.4, 0.5) is 0 Å². The number of rotatable bonds is 10. The van der Waals surface area contributed by atoms with Crippen LogP contribution in [0.1, 0.15) is 31.4 Å². The van der Waals surface area contributed by atoms with Gasteiger partial charge in [0.25, 0.3) is 0 Å². The molecule has 0 spiro atoms. The van der Waals surface area contributed by atoms with Gasteiger partial charge in [0.2, 0.25) is 5.91 Å². The van der Waals surface area contributed by atoms with Crippen molar-refractivity contribution in [3.63, 3.8) is 0 Å². The van der Waals surface area contributed by atoms with Gasteiger partial charge in [-0.25, -0.2) is 0 Å². The summed E-state index contributed by atoms with van der Waals surface area (Å²) in [5.41, 5.74) is 1.89. The highest BCUT2D eigenvalue weighted by Gasteiger charge is 2.14. The van der Waals surface area contributed by atoms with Gasteiger partial charge in [0.1, 0.15) is 5.75 Å². The fourth-order valence-electron chi connectivity index (χ4n) is 2.76. The van der Waals surface area contributed by atoms with Crippen LogP contribution in [0.25, 0.3) is 6.08 Å². The van der Waals surface area contributed by atoms with Gasteiger partial charge >= 0.3 is 5.97 Å². The summed E-state index contributed by atoms with van der Waals surface area (Å²) >= 11 is 5.44. The molecule has 1 amide bonds. The molecule has 0 aliphatic carbocycles. The van der Waals surface area contributed by atoms with Crippen LogP contribution >= 0.6 is 12.2 Å². The summed E-state index contributed by atoms with van der Waals surface area (Å²) in [6.45, 7) is 5.44. The van der Waals surface area contributed by atoms with Crippen LogP contribution in [0.3, 0.4) is 0 Å². The molecule has 0 saturated heterocycles. The lowest BCUT2D eigenvalue weighted by Gasteiger charge is -2.25. The monoisotopic (exact) mass is 440 g/mol. The van der Waals surface area contributed by atoms with E-state index in [1.807, 2.05) is 61.5 Å². The number of carbonyl (C=O) groups excluding carboxylic acids is 2. The third-order valence-corrected chi connectivity index (χ3v) is 4.60. The molecule has 6 nitrogen and oxygen atoms in total. The third-order valence-electron chi connectivity index (χ3n) is 4.24. The van der Waals surface area contributed by atoms with Gasteiger partial charge in [-0.15, -0.1) is 0 Å². The van der Waals surface area contributed by atoms with E-state index in [0.29, 0.717) is 26.3 Å². The van der Waals surface area contributed by atoms with Crippen LogP contribution < -0.4 is 10.1 Å². The van der Waals surface area contributed by atoms with Crippen molar-refractivity contribution in [3.05, 3.63) is 71.8 Å². The highest BCUT2D eigenvalue weighted by Crippen LogP contribution is 2.13. The fourth-order valence-corrected chi connectivity index (χ4v) is 3.01. The molecule has 164 valence electrons. The first-order valence-corrected chi connectivity index (χ1v) is 10.6. The summed E-state index contributed by atoms with van der Waals surface area (Å²) in [5, 5.41) is 2.97. The van der Waals surface area contributed by atoms with Gasteiger partial charge in [0.15, 0.2) is 5.11 Å². The van der Waals surface area contributed by atoms with Crippen molar-refractivity contribution in [2.75, 3.05) is 19.8 Å². The largest absolute Gasteiger partial charge is 0.494 e. The summed E-state index contributed by atoms with van der Waals surface area (Å²) in [4.78, 5) is 25.9. The Morgan fingerprint density at radius 3 is 2.39 bits per heavy atom. The van der Waals surface area contributed by atoms with E-state index >= 15 is 0 Å². The molecule has 0 radical (unpaired) electrons. The van der Waals surface area contributed by atoms with Crippen molar-refractivity contribution < 1.29 is 19.1 Å². The number of nitrogens with zero attached hydrogens (tertiary/aromatic N) is 1. The van der Waals surface area contributed by atoms with Gasteiger partial charge < -0.3 is 14.4 Å². The third kappa shape index (κ3) is 9.00. The average molecular weight is 441 g/mol. The zero-order valence-corrected chi connectivity index (χ0v) is 18.7. The Kier molecular flexibility index (Phi) is 10.2. The number of esters is 1. The maximum absolute atomic E-state index is 12.4. The number of amides is 1. The van der Waals surface area contributed by atoms with E-state index in [9.17, 15) is 9.59 Å². The molecule has 0 heterocycles. The highest BCUT2D eigenvalue weighted by atomic mass is 32.1. The second-order valence-corrected chi connectivity index (χ2v) is 6.98. The summed E-state index contributed by atoms with van der Waals surface area (Å²) in [6, 6.07) is 17.2. The topological polar surface area (TPSA) is 67.9 Å². The van der Waals surface area contributed by atoms with Crippen LogP contribution in [-0.4, -0.2) is 41.6 Å². The second kappa shape index (κ2) is 13.2. The van der Waals surface area contributed by atoms with E-state index in [1.165, 1.54) is 6.08 Å². The molecule has 2 aromatic rings. The average Bonchev–Trinajstić information content (AvgIpc) is 2.77. The first-order valence-electron chi connectivity index (χ1n) is 10.2. The number of hydrogen-bond donors (Lipinski definition) is 1. The smallest absolute Gasteiger partial charge is 0.307 e. The first kappa shape index (κ1) is 24.1. The maximum atomic E-state index is 12.4. The fraction of sp³-hybridized carbons (Fsp3) is 0.292. The number of carbonyl (C=O) groups is 2. The number of ether oxygens (including phenoxy) is 2. The van der Waals surface area contributed by atoms with Crippen molar-refractivity contribution in [2.24, 2.45) is 0 Å². The minimum atomic E-state index is -0.340. The van der Waals surface area contributed by atoms with Gasteiger partial charge in [-0.2, -0.15) is 0 Å². The standard InChI is InChI=1S/C24H28N2O4S/c1-3-29-21-13-10-19(11-14-21)12-15-22(27)25-24(31)26(17-16-23(28)30-4-2)18-20-8-6-5-7-9-20/h5-15H,3-4,16-18H2,1-2H3,(H,25,27,31)/b15-12+. The molecule has 1 N–H and O–H groups in total. The Morgan fingerprint density at radius 1 is 1.03 bits per heavy atom. The Labute approximate surface area is 188 Å². The quantitative estimate of drug-likeness (QED) is 0.343. The molecule has 0 atom stereocenters. The Hall–Kier alpha value is -3.19. The van der Waals surface area contributed by atoms with Gasteiger partial charge in [-0.05, 0) is 55.4 Å². The predicted octanol–water partition coefficient (Wildman–Crippen LogP) is 3.96. The lowest BCUT2D eigenvalue weighted by atomic mass is 10.2. The maximum Gasteiger partial charge on any atom is 0.307 e. The zero-order valence-electron chi connectivity index (χ0n) is 17.9. The van der Waals surface area contributed by atoms with Gasteiger partial charge in [0.05, 0.1) is 19.6 Å². The Bertz CT molecular complexity index is 882. The van der Waals surface area contributed by atoms with E-state index in [-0.39, 0.29) is 23.4 Å². The number of thiocarbonyl (C=S) groups is 1. The van der Waals surface area contributed by atoms with Crippen LogP contribution in [0, 0.1) is 0 Å². The first-order chi connectivity index (χ1) is 15.0. The van der Waals surface area contributed by atoms with Crippen molar-refractivity contribution in [1.82, 2.24) is 10.2 Å². The molecular formula is C24H28N2O4S. The molecule has 0 aliphatic rings. The molecule has 31 heavy (non-hydrogen) atoms. The molecule has 0 unspecified atom stereocenters. The number of hydrogen-bond acceptors (Lipinski definition) is 5. The molecule has 0 aromatic heterocycles. The zero-order chi connectivity index (χ0) is 22.5. The summed E-state index contributed by atoms with van der Waals surface area (Å²) in [6.07, 6.45) is 3.31. The number of nitrogens with one attached hydrogen (secondary N) is 1. The lowest BCUT2D eigenvalue weighted by Crippen LogP contribution is -2.42.